The summed E-state index contributed by atoms with van der Waals surface area (Å²) in [5, 5.41) is 4.48. The van der Waals surface area contributed by atoms with Crippen LogP contribution < -0.4 is 10.2 Å². The number of hydrogen-bond acceptors (Lipinski definition) is 2. The highest BCUT2D eigenvalue weighted by Gasteiger charge is 2.41. The second kappa shape index (κ2) is 8.54. The van der Waals surface area contributed by atoms with E-state index in [0.29, 0.717) is 30.2 Å². The van der Waals surface area contributed by atoms with E-state index in [0.717, 1.165) is 49.9 Å². The summed E-state index contributed by atoms with van der Waals surface area (Å²) in [4.78, 5) is 21.0. The number of hydrogen-bond donors (Lipinski definition) is 1. The number of benzene rings is 2. The standard InChI is InChI=1S/C25H29ClN4O/c1-27-25(28-22-15-21(22)17-6-4-7-19(26)14-17)30-16-18(20-8-2-3-9-23(20)30)11-13-29-12-5-10-24(29)31/h2-4,6-9,14,18,21-22H,5,10-13,15-16H2,1H3,(H,27,28). The molecule has 0 aromatic heterocycles. The van der Waals surface area contributed by atoms with E-state index >= 15 is 0 Å². The molecule has 1 aliphatic carbocycles. The van der Waals surface area contributed by atoms with Gasteiger partial charge in [0.05, 0.1) is 0 Å². The summed E-state index contributed by atoms with van der Waals surface area (Å²) < 4.78 is 0. The SMILES string of the molecule is CN=C(NC1CC1c1cccc(Cl)c1)N1CC(CCN2CCCC2=O)c2ccccc21. The van der Waals surface area contributed by atoms with E-state index in [1.165, 1.54) is 16.8 Å². The lowest BCUT2D eigenvalue weighted by molar-refractivity contribution is -0.127. The Morgan fingerprint density at radius 1 is 1.23 bits per heavy atom. The van der Waals surface area contributed by atoms with E-state index in [2.05, 4.69) is 51.6 Å². The normalized spacial score (nSPS) is 25.2. The van der Waals surface area contributed by atoms with Gasteiger partial charge in [0, 0.05) is 61.7 Å². The topological polar surface area (TPSA) is 47.9 Å². The number of nitrogens with zero attached hydrogens (tertiary/aromatic N) is 3. The van der Waals surface area contributed by atoms with Crippen LogP contribution in [0.4, 0.5) is 5.69 Å². The van der Waals surface area contributed by atoms with Crippen LogP contribution in [0.3, 0.4) is 0 Å². The fourth-order valence-corrected chi connectivity index (χ4v) is 5.28. The van der Waals surface area contributed by atoms with Crippen LogP contribution in [0.2, 0.25) is 5.02 Å². The maximum absolute atomic E-state index is 12.0. The zero-order valence-corrected chi connectivity index (χ0v) is 18.7. The van der Waals surface area contributed by atoms with Gasteiger partial charge in [0.1, 0.15) is 0 Å². The summed E-state index contributed by atoms with van der Waals surface area (Å²) >= 11 is 6.18. The third-order valence-electron chi connectivity index (χ3n) is 6.84. The number of halogens is 1. The van der Waals surface area contributed by atoms with E-state index in [4.69, 9.17) is 11.6 Å². The molecule has 0 bridgehead atoms. The largest absolute Gasteiger partial charge is 0.353 e. The molecule has 2 fully saturated rings. The molecule has 1 saturated heterocycles. The molecule has 2 aliphatic heterocycles. The molecular weight excluding hydrogens is 408 g/mol. The quantitative estimate of drug-likeness (QED) is 0.558. The third-order valence-corrected chi connectivity index (χ3v) is 7.07. The smallest absolute Gasteiger partial charge is 0.222 e. The summed E-state index contributed by atoms with van der Waals surface area (Å²) in [6.07, 6.45) is 3.79. The van der Waals surface area contributed by atoms with Crippen LogP contribution in [0.25, 0.3) is 0 Å². The van der Waals surface area contributed by atoms with Crippen molar-refractivity contribution in [2.45, 2.75) is 43.6 Å². The van der Waals surface area contributed by atoms with Crippen LogP contribution in [-0.4, -0.2) is 49.5 Å². The number of para-hydroxylation sites is 1. The van der Waals surface area contributed by atoms with Gasteiger partial charge >= 0.3 is 0 Å². The number of guanidine groups is 1. The monoisotopic (exact) mass is 436 g/mol. The summed E-state index contributed by atoms with van der Waals surface area (Å²) in [5.74, 6) is 2.12. The molecule has 3 atom stereocenters. The zero-order valence-electron chi connectivity index (χ0n) is 17.9. The molecule has 162 valence electrons. The minimum Gasteiger partial charge on any atom is -0.353 e. The van der Waals surface area contributed by atoms with Crippen molar-refractivity contribution in [2.75, 3.05) is 31.6 Å². The number of nitrogens with one attached hydrogen (secondary N) is 1. The lowest BCUT2D eigenvalue weighted by Crippen LogP contribution is -2.42. The zero-order chi connectivity index (χ0) is 21.4. The molecule has 3 aliphatic rings. The Bertz CT molecular complexity index is 1010. The number of rotatable bonds is 5. The Balaban J connectivity index is 1.27. The predicted octanol–water partition coefficient (Wildman–Crippen LogP) is 4.39. The summed E-state index contributed by atoms with van der Waals surface area (Å²) in [7, 11) is 1.86. The van der Waals surface area contributed by atoms with E-state index in [1.807, 2.05) is 24.1 Å². The van der Waals surface area contributed by atoms with Gasteiger partial charge in [-0.25, -0.2) is 0 Å². The lowest BCUT2D eigenvalue weighted by atomic mass is 9.98. The highest BCUT2D eigenvalue weighted by atomic mass is 35.5. The van der Waals surface area contributed by atoms with Crippen molar-refractivity contribution in [3.05, 3.63) is 64.7 Å². The van der Waals surface area contributed by atoms with Crippen LogP contribution in [0, 0.1) is 0 Å². The van der Waals surface area contributed by atoms with Crippen LogP contribution in [0.15, 0.2) is 53.5 Å². The minimum atomic E-state index is 0.307. The molecule has 0 spiro atoms. The number of amides is 1. The Hall–Kier alpha value is -2.53. The van der Waals surface area contributed by atoms with Crippen molar-refractivity contribution in [3.63, 3.8) is 0 Å². The highest BCUT2D eigenvalue weighted by molar-refractivity contribution is 6.30. The van der Waals surface area contributed by atoms with Crippen LogP contribution >= 0.6 is 11.6 Å². The molecule has 6 heteroatoms. The average Bonchev–Trinajstić information content (AvgIpc) is 3.29. The maximum Gasteiger partial charge on any atom is 0.222 e. The van der Waals surface area contributed by atoms with Gasteiger partial charge in [-0.15, -0.1) is 0 Å². The van der Waals surface area contributed by atoms with E-state index in [9.17, 15) is 4.79 Å². The second-order valence-corrected chi connectivity index (χ2v) is 9.27. The third kappa shape index (κ3) is 4.16. The van der Waals surface area contributed by atoms with Gasteiger partial charge in [-0.2, -0.15) is 0 Å². The summed E-state index contributed by atoms with van der Waals surface area (Å²) in [6.45, 7) is 2.65. The number of carbonyl (C=O) groups excluding carboxylic acids is 1. The number of anilines is 1. The minimum absolute atomic E-state index is 0.307. The van der Waals surface area contributed by atoms with Crippen molar-refractivity contribution in [1.82, 2.24) is 10.2 Å². The van der Waals surface area contributed by atoms with Gasteiger partial charge in [-0.3, -0.25) is 9.79 Å². The highest BCUT2D eigenvalue weighted by Crippen LogP contribution is 2.43. The predicted molar refractivity (Wildman–Crippen MR) is 126 cm³/mol. The molecule has 1 N–H and O–H groups in total. The molecule has 1 amide bonds. The number of aliphatic imine (C=N–C) groups is 1. The van der Waals surface area contributed by atoms with Gasteiger partial charge < -0.3 is 15.1 Å². The van der Waals surface area contributed by atoms with Gasteiger partial charge in [-0.1, -0.05) is 41.9 Å². The number of fused-ring (bicyclic) bond motifs is 1. The first-order valence-electron chi connectivity index (χ1n) is 11.3. The molecule has 2 heterocycles. The van der Waals surface area contributed by atoms with E-state index < -0.39 is 0 Å². The summed E-state index contributed by atoms with van der Waals surface area (Å²) in [6, 6.07) is 17.2. The first-order chi connectivity index (χ1) is 15.1. The molecule has 5 nitrogen and oxygen atoms in total. The van der Waals surface area contributed by atoms with Crippen LogP contribution in [0.5, 0.6) is 0 Å². The molecule has 2 aromatic carbocycles. The van der Waals surface area contributed by atoms with Gasteiger partial charge in [0.25, 0.3) is 0 Å². The van der Waals surface area contributed by atoms with Crippen molar-refractivity contribution in [1.29, 1.82) is 0 Å². The fourth-order valence-electron chi connectivity index (χ4n) is 5.08. The molecule has 3 unspecified atom stereocenters. The van der Waals surface area contributed by atoms with E-state index in [-0.39, 0.29) is 0 Å². The number of carbonyl (C=O) groups is 1. The van der Waals surface area contributed by atoms with Crippen molar-refractivity contribution in [2.24, 2.45) is 4.99 Å². The molecule has 1 saturated carbocycles. The Morgan fingerprint density at radius 2 is 2.10 bits per heavy atom. The van der Waals surface area contributed by atoms with Gasteiger partial charge in [0.15, 0.2) is 5.96 Å². The first-order valence-corrected chi connectivity index (χ1v) is 11.6. The molecule has 2 aromatic rings. The van der Waals surface area contributed by atoms with Crippen molar-refractivity contribution in [3.8, 4) is 0 Å². The van der Waals surface area contributed by atoms with Crippen molar-refractivity contribution >= 4 is 29.2 Å². The van der Waals surface area contributed by atoms with Gasteiger partial charge in [-0.05, 0) is 48.6 Å². The molecule has 0 radical (unpaired) electrons. The lowest BCUT2D eigenvalue weighted by Gasteiger charge is -2.23. The Labute approximate surface area is 189 Å². The summed E-state index contributed by atoms with van der Waals surface area (Å²) in [5.41, 5.74) is 3.88. The molecule has 5 rings (SSSR count). The first kappa shape index (κ1) is 20.4. The maximum atomic E-state index is 12.0. The Kier molecular flexibility index (Phi) is 5.61. The van der Waals surface area contributed by atoms with Crippen LogP contribution in [-0.2, 0) is 4.79 Å². The number of likely N-dealkylation sites (tertiary alicyclic amines) is 1. The van der Waals surface area contributed by atoms with Crippen molar-refractivity contribution < 1.29 is 4.79 Å². The molecule has 31 heavy (non-hydrogen) atoms. The van der Waals surface area contributed by atoms with E-state index in [1.54, 1.807) is 0 Å². The fraction of sp³-hybridized carbons (Fsp3) is 0.440. The molecular formula is C25H29ClN4O. The van der Waals surface area contributed by atoms with Crippen LogP contribution in [0.1, 0.15) is 48.6 Å². The second-order valence-electron chi connectivity index (χ2n) is 8.83. The average molecular weight is 437 g/mol. The van der Waals surface area contributed by atoms with Gasteiger partial charge in [0.2, 0.25) is 5.91 Å². The Morgan fingerprint density at radius 3 is 2.87 bits per heavy atom.